The van der Waals surface area contributed by atoms with E-state index in [4.69, 9.17) is 0 Å². The third kappa shape index (κ3) is 6.34. The normalized spacial score (nSPS) is 15.6. The second kappa shape index (κ2) is 8.72. The molecule has 0 atom stereocenters. The average molecular weight is 395 g/mol. The summed E-state index contributed by atoms with van der Waals surface area (Å²) < 4.78 is 1.54. The van der Waals surface area contributed by atoms with Crippen LogP contribution in [0.1, 0.15) is 13.3 Å². The molecule has 0 N–H and O–H groups in total. The number of halogens is 3. The Kier molecular flexibility index (Phi) is 11.6. The third-order valence-electron chi connectivity index (χ3n) is 3.35. The molecule has 0 saturated heterocycles. The Bertz CT molecular complexity index is 338. The maximum atomic E-state index is 2.83. The quantitative estimate of drug-likeness (QED) is 0.425. The molecule has 0 aromatic rings. The first-order chi connectivity index (χ1) is 7.05. The molecule has 0 saturated carbocycles. The summed E-state index contributed by atoms with van der Waals surface area (Å²) in [5.41, 5.74) is 3.26. The summed E-state index contributed by atoms with van der Waals surface area (Å²) in [5, 5.41) is 0.899. The van der Waals surface area contributed by atoms with Crippen molar-refractivity contribution in [3.8, 4) is 0 Å². The molecular weight excluding hydrogens is 370 g/mol. The first-order valence-electron chi connectivity index (χ1n) is 6.14. The van der Waals surface area contributed by atoms with Crippen LogP contribution in [-0.4, -0.2) is 16.1 Å². The topological polar surface area (TPSA) is 0 Å². The summed E-state index contributed by atoms with van der Waals surface area (Å²) in [6.45, 7) is 17.5. The monoisotopic (exact) mass is 393 g/mol. The molecule has 0 unspecified atom stereocenters. The van der Waals surface area contributed by atoms with Crippen molar-refractivity contribution in [2.45, 2.75) is 57.8 Å². The molecule has 0 nitrogen and oxygen atoms in total. The maximum absolute atomic E-state index is 2.83. The number of allylic oxidation sites excluding steroid dienone is 4. The van der Waals surface area contributed by atoms with Gasteiger partial charge in [0.15, 0.2) is 0 Å². The van der Waals surface area contributed by atoms with E-state index in [2.05, 4.69) is 69.7 Å². The summed E-state index contributed by atoms with van der Waals surface area (Å²) >= 11 is 2.83. The molecule has 0 fully saturated rings. The summed E-state index contributed by atoms with van der Waals surface area (Å²) in [6.07, 6.45) is 3.69. The zero-order valence-corrected chi connectivity index (χ0v) is 18.6. The number of hydrogen-bond donors (Lipinski definition) is 0. The molecule has 0 aromatic heterocycles. The molecule has 1 rings (SSSR count). The predicted molar refractivity (Wildman–Crippen MR) is 75.8 cm³/mol. The Morgan fingerprint density at radius 1 is 0.947 bits per heavy atom. The summed E-state index contributed by atoms with van der Waals surface area (Å²) in [5.74, 6) is 0. The van der Waals surface area contributed by atoms with Gasteiger partial charge in [0, 0.05) is 0 Å². The van der Waals surface area contributed by atoms with Crippen LogP contribution in [0.4, 0.5) is 0 Å². The van der Waals surface area contributed by atoms with Crippen molar-refractivity contribution in [2.75, 3.05) is 0 Å². The first kappa shape index (κ1) is 25.3. The van der Waals surface area contributed by atoms with Gasteiger partial charge >= 0.3 is 113 Å². The fourth-order valence-electron chi connectivity index (χ4n) is 3.19. The van der Waals surface area contributed by atoms with Gasteiger partial charge < -0.3 is 37.2 Å². The van der Waals surface area contributed by atoms with Crippen molar-refractivity contribution in [3.63, 3.8) is 0 Å². The van der Waals surface area contributed by atoms with Gasteiger partial charge in [-0.05, 0) is 0 Å². The molecule has 0 radical (unpaired) electrons. The zero-order chi connectivity index (χ0) is 12.7. The van der Waals surface area contributed by atoms with Gasteiger partial charge in [-0.15, -0.1) is 0 Å². The van der Waals surface area contributed by atoms with E-state index in [1.807, 2.05) is 0 Å². The second-order valence-electron chi connectivity index (χ2n) is 7.16. The van der Waals surface area contributed by atoms with Crippen LogP contribution in [0.5, 0.6) is 0 Å². The van der Waals surface area contributed by atoms with Crippen molar-refractivity contribution in [2.24, 2.45) is 0 Å². The second-order valence-corrected chi connectivity index (χ2v) is 19.1. The van der Waals surface area contributed by atoms with E-state index in [1.54, 1.807) is 15.4 Å². The first-order valence-corrected chi connectivity index (χ1v) is 14.0. The van der Waals surface area contributed by atoms with Crippen LogP contribution in [0.15, 0.2) is 21.5 Å². The molecule has 0 aliphatic heterocycles. The molecule has 19 heavy (non-hydrogen) atoms. The van der Waals surface area contributed by atoms with Gasteiger partial charge in [-0.2, -0.15) is 0 Å². The van der Waals surface area contributed by atoms with E-state index in [1.165, 1.54) is 6.42 Å². The molecule has 0 amide bonds. The molecule has 6 heteroatoms. The van der Waals surface area contributed by atoms with E-state index in [0.717, 1.165) is 5.16 Å². The minimum Gasteiger partial charge on any atom is -1.00 e. The van der Waals surface area contributed by atoms with E-state index >= 15 is 0 Å². The fourth-order valence-corrected chi connectivity index (χ4v) is 16.8. The number of rotatable bonds is 3. The standard InChI is InChI=1S/C13H25Si2.3ClH.V/c1-11-8-9-12(10-11)13(14(2,3)4)15(5,6)7;;;;/h9,13H,8H2,1-7H3;3*1H;/q;;;;+3/p-3. The largest absolute Gasteiger partial charge is 1.00 e. The Balaban J connectivity index is -0.000000853. The van der Waals surface area contributed by atoms with Gasteiger partial charge in [0.1, 0.15) is 0 Å². The van der Waals surface area contributed by atoms with Crippen LogP contribution in [0.25, 0.3) is 0 Å². The van der Waals surface area contributed by atoms with Crippen molar-refractivity contribution in [1.82, 2.24) is 0 Å². The minimum absolute atomic E-state index is 0. The smallest absolute Gasteiger partial charge is 1.00 e. The molecular formula is C13H25Cl3Si2V. The van der Waals surface area contributed by atoms with Crippen LogP contribution >= 0.6 is 0 Å². The Hall–Kier alpha value is 1.37. The van der Waals surface area contributed by atoms with Crippen LogP contribution in [-0.2, 0) is 17.4 Å². The van der Waals surface area contributed by atoms with Crippen LogP contribution in [0.2, 0.25) is 44.4 Å². The van der Waals surface area contributed by atoms with Gasteiger partial charge in [0.25, 0.3) is 0 Å². The predicted octanol–water partition coefficient (Wildman–Crippen LogP) is -4.26. The molecule has 0 heterocycles. The molecule has 0 aromatic carbocycles. The SMILES string of the molecule is CC1=[C]([V+3])C(C([Si](C)(C)C)[Si](C)(C)C)=CC1.[Cl-].[Cl-].[Cl-]. The van der Waals surface area contributed by atoms with Gasteiger partial charge in [0.05, 0.1) is 0 Å². The van der Waals surface area contributed by atoms with Crippen molar-refractivity contribution in [1.29, 1.82) is 0 Å². The van der Waals surface area contributed by atoms with Crippen LogP contribution in [0.3, 0.4) is 0 Å². The van der Waals surface area contributed by atoms with Crippen molar-refractivity contribution < 1.29 is 54.6 Å². The van der Waals surface area contributed by atoms with Gasteiger partial charge in [-0.3, -0.25) is 0 Å². The van der Waals surface area contributed by atoms with E-state index in [0.29, 0.717) is 0 Å². The van der Waals surface area contributed by atoms with E-state index in [-0.39, 0.29) is 37.2 Å². The van der Waals surface area contributed by atoms with E-state index in [9.17, 15) is 0 Å². The van der Waals surface area contributed by atoms with Crippen molar-refractivity contribution >= 4 is 16.1 Å². The van der Waals surface area contributed by atoms with E-state index < -0.39 is 16.1 Å². The minimum atomic E-state index is -1.11. The fraction of sp³-hybridized carbons (Fsp3) is 0.692. The maximum Gasteiger partial charge on any atom is -1.00 e. The summed E-state index contributed by atoms with van der Waals surface area (Å²) in [4.78, 5) is 0. The van der Waals surface area contributed by atoms with Gasteiger partial charge in [0.2, 0.25) is 0 Å². The van der Waals surface area contributed by atoms with Crippen LogP contribution < -0.4 is 37.2 Å². The van der Waals surface area contributed by atoms with Crippen LogP contribution in [0, 0.1) is 0 Å². The third-order valence-corrected chi connectivity index (χ3v) is 13.6. The molecule has 0 spiro atoms. The molecule has 111 valence electrons. The average Bonchev–Trinajstić information content (AvgIpc) is 2.31. The Morgan fingerprint density at radius 3 is 1.53 bits per heavy atom. The summed E-state index contributed by atoms with van der Waals surface area (Å²) in [6, 6.07) is 0. The Labute approximate surface area is 149 Å². The van der Waals surface area contributed by atoms with Gasteiger partial charge in [-0.25, -0.2) is 0 Å². The summed E-state index contributed by atoms with van der Waals surface area (Å²) in [7, 11) is -2.22. The Morgan fingerprint density at radius 2 is 1.32 bits per heavy atom. The molecule has 1 aliphatic carbocycles. The molecule has 1 aliphatic rings. The number of hydrogen-bond acceptors (Lipinski definition) is 0. The van der Waals surface area contributed by atoms with Crippen molar-refractivity contribution in [3.05, 3.63) is 21.5 Å². The zero-order valence-electron chi connectivity index (χ0n) is 12.9. The molecule has 0 bridgehead atoms. The van der Waals surface area contributed by atoms with Gasteiger partial charge in [-0.1, -0.05) is 0 Å².